The van der Waals surface area contributed by atoms with Gasteiger partial charge in [0.1, 0.15) is 0 Å². The van der Waals surface area contributed by atoms with Crippen molar-refractivity contribution < 1.29 is 9.47 Å². The van der Waals surface area contributed by atoms with Gasteiger partial charge in [-0.25, -0.2) is 0 Å². The largest absolute Gasteiger partial charge is 0.385 e. The van der Waals surface area contributed by atoms with Gasteiger partial charge < -0.3 is 15.2 Å². The Morgan fingerprint density at radius 2 is 2.38 bits per heavy atom. The van der Waals surface area contributed by atoms with Crippen LogP contribution in [0.2, 0.25) is 0 Å². The highest BCUT2D eigenvalue weighted by atomic mass is 16.5. The van der Waals surface area contributed by atoms with Crippen molar-refractivity contribution in [1.29, 1.82) is 0 Å². The number of hydrogen-bond donors (Lipinski definition) is 1. The monoisotopic (exact) mass is 228 g/mol. The van der Waals surface area contributed by atoms with Crippen molar-refractivity contribution in [2.45, 2.75) is 43.9 Å². The average Bonchev–Trinajstić information content (AvgIpc) is 2.75. The Morgan fingerprint density at radius 1 is 1.50 bits per heavy atom. The number of morpholine rings is 1. The Kier molecular flexibility index (Phi) is 4.58. The fourth-order valence-electron chi connectivity index (χ4n) is 2.89. The second-order valence-corrected chi connectivity index (χ2v) is 4.94. The van der Waals surface area contributed by atoms with Crippen LogP contribution in [0.5, 0.6) is 0 Å². The van der Waals surface area contributed by atoms with Crippen molar-refractivity contribution in [3.05, 3.63) is 0 Å². The molecule has 0 radical (unpaired) electrons. The summed E-state index contributed by atoms with van der Waals surface area (Å²) in [6, 6.07) is 0.863. The van der Waals surface area contributed by atoms with Gasteiger partial charge in [0.2, 0.25) is 0 Å². The molecule has 2 fully saturated rings. The Morgan fingerprint density at radius 3 is 3.19 bits per heavy atom. The van der Waals surface area contributed by atoms with Gasteiger partial charge in [0.15, 0.2) is 0 Å². The fraction of sp³-hybridized carbons (Fsp3) is 1.00. The third-order valence-corrected chi connectivity index (χ3v) is 3.76. The number of nitrogens with two attached hydrogens (primary N) is 1. The van der Waals surface area contributed by atoms with Crippen molar-refractivity contribution in [1.82, 2.24) is 4.90 Å². The molecule has 1 saturated carbocycles. The van der Waals surface area contributed by atoms with Gasteiger partial charge in [-0.05, 0) is 25.7 Å². The SMILES string of the molecule is COCCC(N)CN1CCOC2CCCC21. The van der Waals surface area contributed by atoms with Crippen molar-refractivity contribution in [3.8, 4) is 0 Å². The standard InChI is InChI=1S/C12H24N2O2/c1-15-7-5-10(13)9-14-6-8-16-12-4-2-3-11(12)14/h10-12H,2-9,13H2,1H3. The van der Waals surface area contributed by atoms with Gasteiger partial charge in [-0.3, -0.25) is 4.90 Å². The zero-order chi connectivity index (χ0) is 11.4. The van der Waals surface area contributed by atoms with Crippen LogP contribution in [0.4, 0.5) is 0 Å². The molecule has 0 amide bonds. The Hall–Kier alpha value is -0.160. The van der Waals surface area contributed by atoms with Gasteiger partial charge in [0.05, 0.1) is 12.7 Å². The zero-order valence-corrected chi connectivity index (χ0v) is 10.2. The molecular formula is C12H24N2O2. The Balaban J connectivity index is 1.79. The predicted molar refractivity (Wildman–Crippen MR) is 63.4 cm³/mol. The quantitative estimate of drug-likeness (QED) is 0.749. The third kappa shape index (κ3) is 2.94. The lowest BCUT2D eigenvalue weighted by Crippen LogP contribution is -2.52. The molecule has 0 aromatic heterocycles. The van der Waals surface area contributed by atoms with Crippen LogP contribution in [0.3, 0.4) is 0 Å². The second-order valence-electron chi connectivity index (χ2n) is 4.94. The highest BCUT2D eigenvalue weighted by Gasteiger charge is 2.36. The van der Waals surface area contributed by atoms with Crippen molar-refractivity contribution in [2.24, 2.45) is 5.73 Å². The lowest BCUT2D eigenvalue weighted by atomic mass is 10.1. The number of methoxy groups -OCH3 is 1. The van der Waals surface area contributed by atoms with Crippen LogP contribution in [0.25, 0.3) is 0 Å². The zero-order valence-electron chi connectivity index (χ0n) is 10.2. The minimum atomic E-state index is 0.235. The molecule has 2 aliphatic rings. The van der Waals surface area contributed by atoms with E-state index in [9.17, 15) is 0 Å². The van der Waals surface area contributed by atoms with Crippen LogP contribution in [-0.2, 0) is 9.47 Å². The molecule has 16 heavy (non-hydrogen) atoms. The van der Waals surface area contributed by atoms with Crippen LogP contribution in [0.1, 0.15) is 25.7 Å². The summed E-state index contributed by atoms with van der Waals surface area (Å²) >= 11 is 0. The average molecular weight is 228 g/mol. The first-order chi connectivity index (χ1) is 7.81. The molecule has 4 nitrogen and oxygen atoms in total. The van der Waals surface area contributed by atoms with Crippen LogP contribution >= 0.6 is 0 Å². The highest BCUT2D eigenvalue weighted by Crippen LogP contribution is 2.29. The first-order valence-electron chi connectivity index (χ1n) is 6.41. The van der Waals surface area contributed by atoms with E-state index in [1.165, 1.54) is 19.3 Å². The summed E-state index contributed by atoms with van der Waals surface area (Å²) in [6.07, 6.45) is 5.24. The molecule has 94 valence electrons. The summed E-state index contributed by atoms with van der Waals surface area (Å²) in [5.41, 5.74) is 6.11. The molecule has 1 aliphatic heterocycles. The molecule has 0 bridgehead atoms. The van der Waals surface area contributed by atoms with E-state index in [1.807, 2.05) is 0 Å². The molecule has 0 spiro atoms. The summed E-state index contributed by atoms with van der Waals surface area (Å²) in [7, 11) is 1.73. The Labute approximate surface area is 98.1 Å². The van der Waals surface area contributed by atoms with Gasteiger partial charge in [-0.2, -0.15) is 0 Å². The molecule has 1 heterocycles. The van der Waals surface area contributed by atoms with Crippen LogP contribution in [0, 0.1) is 0 Å². The van der Waals surface area contributed by atoms with E-state index >= 15 is 0 Å². The van der Waals surface area contributed by atoms with Gasteiger partial charge in [-0.15, -0.1) is 0 Å². The molecule has 3 unspecified atom stereocenters. The topological polar surface area (TPSA) is 47.7 Å². The number of ether oxygens (including phenoxy) is 2. The molecule has 0 aromatic rings. The van der Waals surface area contributed by atoms with E-state index in [-0.39, 0.29) is 6.04 Å². The first kappa shape index (κ1) is 12.3. The lowest BCUT2D eigenvalue weighted by Gasteiger charge is -2.38. The molecular weight excluding hydrogens is 204 g/mol. The summed E-state index contributed by atoms with van der Waals surface area (Å²) in [4.78, 5) is 2.53. The lowest BCUT2D eigenvalue weighted by molar-refractivity contribution is -0.0576. The van der Waals surface area contributed by atoms with Gasteiger partial charge >= 0.3 is 0 Å². The maximum Gasteiger partial charge on any atom is 0.0730 e. The minimum Gasteiger partial charge on any atom is -0.385 e. The van der Waals surface area contributed by atoms with Crippen molar-refractivity contribution in [2.75, 3.05) is 33.4 Å². The Bertz CT molecular complexity index is 213. The number of hydrogen-bond acceptors (Lipinski definition) is 4. The van der Waals surface area contributed by atoms with E-state index in [2.05, 4.69) is 4.90 Å². The van der Waals surface area contributed by atoms with E-state index in [4.69, 9.17) is 15.2 Å². The van der Waals surface area contributed by atoms with Crippen molar-refractivity contribution in [3.63, 3.8) is 0 Å². The van der Waals surface area contributed by atoms with Crippen molar-refractivity contribution >= 4 is 0 Å². The summed E-state index contributed by atoms with van der Waals surface area (Å²) in [5, 5.41) is 0. The fourth-order valence-corrected chi connectivity index (χ4v) is 2.89. The molecule has 1 aliphatic carbocycles. The maximum atomic E-state index is 6.11. The molecule has 0 aromatic carbocycles. The summed E-state index contributed by atoms with van der Waals surface area (Å²) in [5.74, 6) is 0. The van der Waals surface area contributed by atoms with E-state index in [0.717, 1.165) is 32.7 Å². The molecule has 2 N–H and O–H groups in total. The first-order valence-corrected chi connectivity index (χ1v) is 6.41. The van der Waals surface area contributed by atoms with E-state index in [1.54, 1.807) is 7.11 Å². The molecule has 2 rings (SSSR count). The highest BCUT2D eigenvalue weighted by molar-refractivity contribution is 4.90. The minimum absolute atomic E-state index is 0.235. The smallest absolute Gasteiger partial charge is 0.0730 e. The number of rotatable bonds is 5. The van der Waals surface area contributed by atoms with Gasteiger partial charge in [0, 0.05) is 38.9 Å². The molecule has 1 saturated heterocycles. The van der Waals surface area contributed by atoms with Gasteiger partial charge in [-0.1, -0.05) is 0 Å². The van der Waals surface area contributed by atoms with E-state index in [0.29, 0.717) is 12.1 Å². The normalized spacial score (nSPS) is 32.6. The second kappa shape index (κ2) is 5.96. The molecule has 3 atom stereocenters. The predicted octanol–water partition coefficient (Wildman–Crippen LogP) is 0.604. The maximum absolute atomic E-state index is 6.11. The number of fused-ring (bicyclic) bond motifs is 1. The summed E-state index contributed by atoms with van der Waals surface area (Å²) in [6.45, 7) is 3.67. The van der Waals surface area contributed by atoms with Crippen LogP contribution in [-0.4, -0.2) is 56.5 Å². The molecule has 4 heteroatoms. The van der Waals surface area contributed by atoms with Crippen LogP contribution in [0.15, 0.2) is 0 Å². The van der Waals surface area contributed by atoms with Gasteiger partial charge in [0.25, 0.3) is 0 Å². The summed E-state index contributed by atoms with van der Waals surface area (Å²) < 4.78 is 10.9. The number of nitrogens with zero attached hydrogens (tertiary/aromatic N) is 1. The third-order valence-electron chi connectivity index (χ3n) is 3.76. The van der Waals surface area contributed by atoms with Crippen LogP contribution < -0.4 is 5.73 Å². The van der Waals surface area contributed by atoms with E-state index < -0.39 is 0 Å².